The van der Waals surface area contributed by atoms with Crippen LogP contribution in [0.4, 0.5) is 0 Å². The van der Waals surface area contributed by atoms with E-state index in [1.807, 2.05) is 6.26 Å². The summed E-state index contributed by atoms with van der Waals surface area (Å²) in [7, 11) is 2.16. The zero-order chi connectivity index (χ0) is 9.00. The van der Waals surface area contributed by atoms with Crippen LogP contribution in [0.25, 0.3) is 0 Å². The molecule has 0 fully saturated rings. The Morgan fingerprint density at radius 3 is 3.31 bits per heavy atom. The van der Waals surface area contributed by atoms with Crippen molar-refractivity contribution in [2.45, 2.75) is 31.5 Å². The van der Waals surface area contributed by atoms with Crippen molar-refractivity contribution in [2.24, 2.45) is 5.73 Å². The number of nitrogens with zero attached hydrogens (tertiary/aromatic N) is 1. The van der Waals surface area contributed by atoms with E-state index in [1.165, 1.54) is 11.1 Å². The summed E-state index contributed by atoms with van der Waals surface area (Å²) in [5, 5.41) is 0. The molecule has 0 aromatic carbocycles. The van der Waals surface area contributed by atoms with Gasteiger partial charge in [-0.2, -0.15) is 0 Å². The van der Waals surface area contributed by atoms with Crippen LogP contribution in [0.3, 0.4) is 0 Å². The molecule has 1 aliphatic heterocycles. The lowest BCUT2D eigenvalue weighted by molar-refractivity contribution is 0.222. The normalized spacial score (nSPS) is 32.2. The second-order valence-electron chi connectivity index (χ2n) is 4.23. The second kappa shape index (κ2) is 2.36. The van der Waals surface area contributed by atoms with Crippen molar-refractivity contribution in [1.29, 1.82) is 0 Å². The zero-order valence-corrected chi connectivity index (χ0v) is 7.79. The molecule has 1 aromatic heterocycles. The average molecular weight is 178 g/mol. The predicted molar refractivity (Wildman–Crippen MR) is 49.2 cm³/mol. The van der Waals surface area contributed by atoms with Gasteiger partial charge in [0.15, 0.2) is 0 Å². The van der Waals surface area contributed by atoms with Crippen LogP contribution in [0.5, 0.6) is 0 Å². The lowest BCUT2D eigenvalue weighted by Gasteiger charge is -2.28. The second-order valence-corrected chi connectivity index (χ2v) is 4.23. The molecule has 3 nitrogen and oxygen atoms in total. The molecular formula is C10H14N2O. The van der Waals surface area contributed by atoms with Gasteiger partial charge in [0.25, 0.3) is 0 Å². The Labute approximate surface area is 77.5 Å². The van der Waals surface area contributed by atoms with E-state index in [2.05, 4.69) is 11.9 Å². The highest BCUT2D eigenvalue weighted by Gasteiger charge is 2.37. The summed E-state index contributed by atoms with van der Waals surface area (Å²) >= 11 is 0. The van der Waals surface area contributed by atoms with E-state index in [1.54, 1.807) is 0 Å². The Balaban J connectivity index is 2.12. The van der Waals surface area contributed by atoms with Gasteiger partial charge in [-0.1, -0.05) is 0 Å². The first-order valence-electron chi connectivity index (χ1n) is 4.80. The molecule has 1 aliphatic carbocycles. The molecule has 0 amide bonds. The maximum atomic E-state index is 5.97. The Morgan fingerprint density at radius 1 is 1.62 bits per heavy atom. The third-order valence-electron chi connectivity index (χ3n) is 3.25. The van der Waals surface area contributed by atoms with Crippen molar-refractivity contribution in [1.82, 2.24) is 4.90 Å². The van der Waals surface area contributed by atoms with Crippen molar-refractivity contribution in [3.8, 4) is 0 Å². The molecule has 13 heavy (non-hydrogen) atoms. The molecule has 2 N–H and O–H groups in total. The molecule has 0 radical (unpaired) electrons. The van der Waals surface area contributed by atoms with E-state index in [9.17, 15) is 0 Å². The predicted octanol–water partition coefficient (Wildman–Crippen LogP) is 1.04. The van der Waals surface area contributed by atoms with Crippen molar-refractivity contribution < 1.29 is 4.42 Å². The van der Waals surface area contributed by atoms with Gasteiger partial charge in [0, 0.05) is 36.2 Å². The first kappa shape index (κ1) is 7.59. The zero-order valence-electron chi connectivity index (χ0n) is 7.79. The van der Waals surface area contributed by atoms with Gasteiger partial charge in [0.1, 0.15) is 5.76 Å². The van der Waals surface area contributed by atoms with Crippen molar-refractivity contribution in [2.75, 3.05) is 7.05 Å². The molecule has 3 rings (SSSR count). The standard InChI is InChI=1S/C10H14N2O/c1-12-4-6-5-13-9-3-7(11)2-8(12)10(6)9/h5,7-8H,2-4,11H2,1H3. The Hall–Kier alpha value is -0.800. The fourth-order valence-electron chi connectivity index (χ4n) is 2.63. The average Bonchev–Trinajstić information content (AvgIpc) is 2.59. The number of rotatable bonds is 0. The summed E-state index contributed by atoms with van der Waals surface area (Å²) in [5.74, 6) is 1.13. The molecule has 2 atom stereocenters. The minimum absolute atomic E-state index is 0.275. The molecular weight excluding hydrogens is 164 g/mol. The van der Waals surface area contributed by atoms with Crippen molar-refractivity contribution in [3.05, 3.63) is 23.2 Å². The van der Waals surface area contributed by atoms with Gasteiger partial charge >= 0.3 is 0 Å². The Kier molecular flexibility index (Phi) is 1.38. The fraction of sp³-hybridized carbons (Fsp3) is 0.600. The quantitative estimate of drug-likeness (QED) is 0.645. The molecule has 70 valence electrons. The molecule has 2 heterocycles. The van der Waals surface area contributed by atoms with Gasteiger partial charge < -0.3 is 10.2 Å². The lowest BCUT2D eigenvalue weighted by atomic mass is 9.90. The first-order valence-corrected chi connectivity index (χ1v) is 4.80. The van der Waals surface area contributed by atoms with Crippen LogP contribution in [-0.2, 0) is 13.0 Å². The van der Waals surface area contributed by atoms with Crippen LogP contribution in [0.2, 0.25) is 0 Å². The molecule has 0 spiro atoms. The van der Waals surface area contributed by atoms with E-state index in [-0.39, 0.29) is 6.04 Å². The summed E-state index contributed by atoms with van der Waals surface area (Å²) in [5.41, 5.74) is 8.78. The first-order chi connectivity index (χ1) is 6.25. The van der Waals surface area contributed by atoms with Crippen LogP contribution < -0.4 is 5.73 Å². The number of nitrogens with two attached hydrogens (primary N) is 1. The molecule has 0 bridgehead atoms. The van der Waals surface area contributed by atoms with E-state index in [4.69, 9.17) is 10.2 Å². The molecule has 1 aromatic rings. The highest BCUT2D eigenvalue weighted by atomic mass is 16.3. The molecule has 2 aliphatic rings. The summed E-state index contributed by atoms with van der Waals surface area (Å²) in [6.07, 6.45) is 3.90. The maximum absolute atomic E-state index is 5.97. The van der Waals surface area contributed by atoms with E-state index in [0.717, 1.165) is 25.1 Å². The Morgan fingerprint density at radius 2 is 2.46 bits per heavy atom. The lowest BCUT2D eigenvalue weighted by Crippen LogP contribution is -2.33. The highest BCUT2D eigenvalue weighted by Crippen LogP contribution is 2.42. The Bertz CT molecular complexity index is 345. The largest absolute Gasteiger partial charge is 0.469 e. The van der Waals surface area contributed by atoms with Crippen LogP contribution in [0.1, 0.15) is 29.3 Å². The summed E-state index contributed by atoms with van der Waals surface area (Å²) in [6, 6.07) is 0.796. The molecule has 0 saturated carbocycles. The smallest absolute Gasteiger partial charge is 0.110 e. The van der Waals surface area contributed by atoms with Crippen LogP contribution in [0.15, 0.2) is 10.7 Å². The molecule has 3 heteroatoms. The van der Waals surface area contributed by atoms with Crippen molar-refractivity contribution >= 4 is 0 Å². The van der Waals surface area contributed by atoms with Gasteiger partial charge in [-0.05, 0) is 13.5 Å². The number of hydrogen-bond acceptors (Lipinski definition) is 3. The SMILES string of the molecule is CN1Cc2coc3c2C1CC(N)C3. The third kappa shape index (κ3) is 0.914. The van der Waals surface area contributed by atoms with E-state index < -0.39 is 0 Å². The topological polar surface area (TPSA) is 42.4 Å². The summed E-state index contributed by atoms with van der Waals surface area (Å²) in [4.78, 5) is 2.36. The van der Waals surface area contributed by atoms with Crippen LogP contribution in [-0.4, -0.2) is 18.0 Å². The monoisotopic (exact) mass is 178 g/mol. The van der Waals surface area contributed by atoms with Gasteiger partial charge in [-0.15, -0.1) is 0 Å². The summed E-state index contributed by atoms with van der Waals surface area (Å²) < 4.78 is 5.52. The number of furan rings is 1. The highest BCUT2D eigenvalue weighted by molar-refractivity contribution is 5.37. The minimum atomic E-state index is 0.275. The minimum Gasteiger partial charge on any atom is -0.469 e. The summed E-state index contributed by atoms with van der Waals surface area (Å²) in [6.45, 7) is 1.02. The van der Waals surface area contributed by atoms with Crippen LogP contribution in [0, 0.1) is 0 Å². The van der Waals surface area contributed by atoms with E-state index in [0.29, 0.717) is 6.04 Å². The van der Waals surface area contributed by atoms with Gasteiger partial charge in [-0.3, -0.25) is 4.90 Å². The fourth-order valence-corrected chi connectivity index (χ4v) is 2.63. The molecule has 2 unspecified atom stereocenters. The van der Waals surface area contributed by atoms with Gasteiger partial charge in [-0.25, -0.2) is 0 Å². The van der Waals surface area contributed by atoms with E-state index >= 15 is 0 Å². The van der Waals surface area contributed by atoms with Gasteiger partial charge in [0.05, 0.1) is 6.26 Å². The number of hydrogen-bond donors (Lipinski definition) is 1. The third-order valence-corrected chi connectivity index (χ3v) is 3.25. The van der Waals surface area contributed by atoms with Crippen molar-refractivity contribution in [3.63, 3.8) is 0 Å². The molecule has 0 saturated heterocycles. The van der Waals surface area contributed by atoms with Gasteiger partial charge in [0.2, 0.25) is 0 Å². The maximum Gasteiger partial charge on any atom is 0.110 e. The van der Waals surface area contributed by atoms with Crippen LogP contribution >= 0.6 is 0 Å².